The lowest BCUT2D eigenvalue weighted by molar-refractivity contribution is 0.102. The molecule has 0 atom stereocenters. The van der Waals surface area contributed by atoms with E-state index in [1.165, 1.54) is 23.5 Å². The van der Waals surface area contributed by atoms with Crippen molar-refractivity contribution in [3.8, 4) is 22.1 Å². The first-order valence-corrected chi connectivity index (χ1v) is 10.9. The van der Waals surface area contributed by atoms with Gasteiger partial charge in [-0.15, -0.1) is 11.3 Å². The Hall–Kier alpha value is -4.24. The summed E-state index contributed by atoms with van der Waals surface area (Å²) in [7, 11) is 0. The highest BCUT2D eigenvalue weighted by atomic mass is 32.1. The molecule has 33 heavy (non-hydrogen) atoms. The molecule has 0 fully saturated rings. The van der Waals surface area contributed by atoms with E-state index in [9.17, 15) is 9.18 Å². The van der Waals surface area contributed by atoms with E-state index in [0.717, 1.165) is 5.56 Å². The summed E-state index contributed by atoms with van der Waals surface area (Å²) in [6.07, 6.45) is 4.91. The molecule has 2 aromatic carbocycles. The van der Waals surface area contributed by atoms with Crippen molar-refractivity contribution in [3.63, 3.8) is 0 Å². The number of nitrogens with one attached hydrogen (secondary N) is 1. The Morgan fingerprint density at radius 3 is 2.48 bits per heavy atom. The Kier molecular flexibility index (Phi) is 5.69. The molecule has 0 spiro atoms. The molecular weight excluding hydrogens is 439 g/mol. The van der Waals surface area contributed by atoms with Crippen molar-refractivity contribution in [2.45, 2.75) is 6.54 Å². The summed E-state index contributed by atoms with van der Waals surface area (Å²) < 4.78 is 15.3. The van der Waals surface area contributed by atoms with Crippen molar-refractivity contribution in [2.24, 2.45) is 0 Å². The lowest BCUT2D eigenvalue weighted by Crippen LogP contribution is -2.16. The lowest BCUT2D eigenvalue weighted by atomic mass is 10.1. The smallest absolute Gasteiger partial charge is 0.276 e. The van der Waals surface area contributed by atoms with E-state index in [4.69, 9.17) is 0 Å². The Morgan fingerprint density at radius 1 is 0.970 bits per heavy atom. The number of anilines is 1. The van der Waals surface area contributed by atoms with Crippen molar-refractivity contribution in [1.82, 2.24) is 24.5 Å². The molecule has 0 aliphatic rings. The number of halogens is 1. The zero-order valence-corrected chi connectivity index (χ0v) is 18.0. The van der Waals surface area contributed by atoms with Gasteiger partial charge < -0.3 is 9.88 Å². The maximum Gasteiger partial charge on any atom is 0.276 e. The third kappa shape index (κ3) is 4.53. The summed E-state index contributed by atoms with van der Waals surface area (Å²) >= 11 is 1.29. The van der Waals surface area contributed by atoms with Crippen LogP contribution in [0.2, 0.25) is 0 Å². The molecule has 0 aliphatic carbocycles. The van der Waals surface area contributed by atoms with Crippen LogP contribution < -0.4 is 5.32 Å². The molecule has 162 valence electrons. The van der Waals surface area contributed by atoms with Crippen LogP contribution in [0.4, 0.5) is 10.2 Å². The van der Waals surface area contributed by atoms with Crippen molar-refractivity contribution < 1.29 is 9.18 Å². The second-order valence-corrected chi connectivity index (χ2v) is 7.98. The van der Waals surface area contributed by atoms with E-state index in [1.54, 1.807) is 42.3 Å². The number of hydrogen-bond donors (Lipinski definition) is 1. The zero-order chi connectivity index (χ0) is 22.6. The summed E-state index contributed by atoms with van der Waals surface area (Å²) in [4.78, 5) is 30.3. The zero-order valence-electron chi connectivity index (χ0n) is 17.2. The van der Waals surface area contributed by atoms with Gasteiger partial charge in [-0.2, -0.15) is 0 Å². The van der Waals surface area contributed by atoms with Gasteiger partial charge >= 0.3 is 0 Å². The van der Waals surface area contributed by atoms with Gasteiger partial charge in [-0.25, -0.2) is 24.3 Å². The summed E-state index contributed by atoms with van der Waals surface area (Å²) in [5.41, 5.74) is 2.53. The number of amides is 1. The number of thiazole rings is 1. The molecule has 1 amide bonds. The summed E-state index contributed by atoms with van der Waals surface area (Å²) in [6, 6.07) is 17.6. The molecule has 9 heteroatoms. The average Bonchev–Trinajstić information content (AvgIpc) is 3.49. The Bertz CT molecular complexity index is 1380. The number of imidazole rings is 1. The van der Waals surface area contributed by atoms with Crippen molar-refractivity contribution in [1.29, 1.82) is 0 Å². The first-order valence-electron chi connectivity index (χ1n) is 10.1. The minimum Gasteiger partial charge on any atom is -0.312 e. The van der Waals surface area contributed by atoms with Gasteiger partial charge in [0.15, 0.2) is 10.8 Å². The first-order chi connectivity index (χ1) is 16.2. The number of rotatable bonds is 6. The third-order valence-electron chi connectivity index (χ3n) is 4.88. The van der Waals surface area contributed by atoms with E-state index in [1.807, 2.05) is 34.9 Å². The number of carbonyl (C=O) groups excluding carboxylic acids is 1. The average molecular weight is 457 g/mol. The molecular formula is C24H17FN6OS. The van der Waals surface area contributed by atoms with Gasteiger partial charge in [0.25, 0.3) is 5.91 Å². The second-order valence-electron chi connectivity index (χ2n) is 7.13. The van der Waals surface area contributed by atoms with Crippen LogP contribution in [-0.4, -0.2) is 30.4 Å². The SMILES string of the molecule is O=C(Nc1c(-c2ccc(F)cc2)ncn1Cc1ccccc1)c1csc(-c2ncccn2)n1. The van der Waals surface area contributed by atoms with Crippen LogP contribution in [0.1, 0.15) is 16.1 Å². The van der Waals surface area contributed by atoms with Crippen LogP contribution in [0.15, 0.2) is 84.8 Å². The molecule has 0 radical (unpaired) electrons. The van der Waals surface area contributed by atoms with Gasteiger partial charge in [0, 0.05) is 23.3 Å². The maximum absolute atomic E-state index is 13.5. The van der Waals surface area contributed by atoms with Crippen molar-refractivity contribution >= 4 is 23.1 Å². The number of aromatic nitrogens is 5. The topological polar surface area (TPSA) is 85.6 Å². The predicted octanol–water partition coefficient (Wildman–Crippen LogP) is 4.90. The molecule has 0 saturated heterocycles. The quantitative estimate of drug-likeness (QED) is 0.393. The van der Waals surface area contributed by atoms with Crippen molar-refractivity contribution in [2.75, 3.05) is 5.32 Å². The Labute approximate surface area is 192 Å². The van der Waals surface area contributed by atoms with Gasteiger partial charge in [-0.05, 0) is 35.9 Å². The molecule has 0 saturated carbocycles. The highest BCUT2D eigenvalue weighted by Crippen LogP contribution is 2.29. The predicted molar refractivity (Wildman–Crippen MR) is 124 cm³/mol. The first kappa shape index (κ1) is 20.7. The minimum absolute atomic E-state index is 0.250. The van der Waals surface area contributed by atoms with Gasteiger partial charge in [0.2, 0.25) is 0 Å². The molecule has 0 aliphatic heterocycles. The van der Waals surface area contributed by atoms with Gasteiger partial charge in [-0.1, -0.05) is 30.3 Å². The highest BCUT2D eigenvalue weighted by molar-refractivity contribution is 7.13. The Morgan fingerprint density at radius 2 is 1.73 bits per heavy atom. The molecule has 3 heterocycles. The van der Waals surface area contributed by atoms with Crippen LogP contribution in [0.5, 0.6) is 0 Å². The molecule has 1 N–H and O–H groups in total. The normalized spacial score (nSPS) is 10.8. The van der Waals surface area contributed by atoms with Crippen LogP contribution >= 0.6 is 11.3 Å². The van der Waals surface area contributed by atoms with E-state index in [2.05, 4.69) is 25.3 Å². The fourth-order valence-electron chi connectivity index (χ4n) is 3.29. The summed E-state index contributed by atoms with van der Waals surface area (Å²) in [6.45, 7) is 0.505. The highest BCUT2D eigenvalue weighted by Gasteiger charge is 2.19. The summed E-state index contributed by atoms with van der Waals surface area (Å²) in [5, 5.41) is 5.16. The van der Waals surface area contributed by atoms with E-state index >= 15 is 0 Å². The largest absolute Gasteiger partial charge is 0.312 e. The van der Waals surface area contributed by atoms with E-state index in [-0.39, 0.29) is 17.4 Å². The molecule has 0 unspecified atom stereocenters. The number of benzene rings is 2. The van der Waals surface area contributed by atoms with E-state index in [0.29, 0.717) is 34.5 Å². The standard InChI is InChI=1S/C24H17FN6OS/c25-18-9-7-17(8-10-18)20-22(31(15-28-20)13-16-5-2-1-3-6-16)30-23(32)19-14-33-24(29-19)21-26-11-4-12-27-21/h1-12,14-15H,13H2,(H,30,32). The number of carbonyl (C=O) groups is 1. The number of nitrogens with zero attached hydrogens (tertiary/aromatic N) is 5. The third-order valence-corrected chi connectivity index (χ3v) is 5.72. The fourth-order valence-corrected chi connectivity index (χ4v) is 4.04. The minimum atomic E-state index is -0.383. The molecule has 7 nitrogen and oxygen atoms in total. The monoisotopic (exact) mass is 456 g/mol. The molecule has 5 aromatic rings. The molecule has 3 aromatic heterocycles. The van der Waals surface area contributed by atoms with Crippen LogP contribution in [0, 0.1) is 5.82 Å². The van der Waals surface area contributed by atoms with Crippen LogP contribution in [0.3, 0.4) is 0 Å². The van der Waals surface area contributed by atoms with Crippen LogP contribution in [-0.2, 0) is 6.54 Å². The summed E-state index contributed by atoms with van der Waals surface area (Å²) in [5.74, 6) is 0.237. The van der Waals surface area contributed by atoms with Gasteiger partial charge in [0.1, 0.15) is 23.0 Å². The number of hydrogen-bond acceptors (Lipinski definition) is 6. The lowest BCUT2D eigenvalue weighted by Gasteiger charge is -2.11. The molecule has 0 bridgehead atoms. The maximum atomic E-state index is 13.5. The Balaban J connectivity index is 1.47. The van der Waals surface area contributed by atoms with Crippen LogP contribution in [0.25, 0.3) is 22.1 Å². The van der Waals surface area contributed by atoms with Crippen molar-refractivity contribution in [3.05, 3.63) is 102 Å². The van der Waals surface area contributed by atoms with Gasteiger partial charge in [0.05, 0.1) is 12.9 Å². The second kappa shape index (κ2) is 9.09. The molecule has 5 rings (SSSR count). The van der Waals surface area contributed by atoms with Gasteiger partial charge in [-0.3, -0.25) is 4.79 Å². The van der Waals surface area contributed by atoms with E-state index < -0.39 is 0 Å². The fraction of sp³-hybridized carbons (Fsp3) is 0.0417.